The molecule has 0 spiro atoms. The van der Waals surface area contributed by atoms with E-state index < -0.39 is 30.3 Å². The van der Waals surface area contributed by atoms with Gasteiger partial charge in [-0.2, -0.15) is 0 Å². The number of halogens is 1. The van der Waals surface area contributed by atoms with Crippen LogP contribution < -0.4 is 5.32 Å². The summed E-state index contributed by atoms with van der Waals surface area (Å²) in [5, 5.41) is 2.42. The molecule has 0 fully saturated rings. The zero-order valence-electron chi connectivity index (χ0n) is 14.6. The molecule has 0 saturated heterocycles. The lowest BCUT2D eigenvalue weighted by atomic mass is 10.1. The van der Waals surface area contributed by atoms with Gasteiger partial charge in [0.15, 0.2) is 6.61 Å². The van der Waals surface area contributed by atoms with Crippen LogP contribution in [0.2, 0.25) is 0 Å². The number of hydrogen-bond acceptors (Lipinski definition) is 5. The van der Waals surface area contributed by atoms with Crippen molar-refractivity contribution in [3.05, 3.63) is 52.6 Å². The van der Waals surface area contributed by atoms with Crippen molar-refractivity contribution >= 4 is 23.5 Å². The molecule has 1 aromatic carbocycles. The topological polar surface area (TPSA) is 97.5 Å². The molecule has 0 atom stereocenters. The summed E-state index contributed by atoms with van der Waals surface area (Å²) in [7, 11) is 0. The summed E-state index contributed by atoms with van der Waals surface area (Å²) >= 11 is 0. The van der Waals surface area contributed by atoms with Crippen molar-refractivity contribution in [2.45, 2.75) is 20.8 Å². The van der Waals surface area contributed by atoms with Crippen molar-refractivity contribution in [2.24, 2.45) is 0 Å². The van der Waals surface area contributed by atoms with Gasteiger partial charge >= 0.3 is 11.9 Å². The molecule has 1 amide bonds. The minimum Gasteiger partial charge on any atom is -0.462 e. The molecule has 0 aliphatic rings. The third-order valence-electron chi connectivity index (χ3n) is 3.56. The molecule has 2 N–H and O–H groups in total. The Morgan fingerprint density at radius 2 is 1.88 bits per heavy atom. The van der Waals surface area contributed by atoms with Gasteiger partial charge in [0, 0.05) is 11.4 Å². The number of aromatic nitrogens is 1. The maximum atomic E-state index is 13.1. The SMILES string of the molecule is CCOC(=O)c1c(C)[nH]c(C(=O)OCC(=O)Nc2cccc(F)c2)c1C. The summed E-state index contributed by atoms with van der Waals surface area (Å²) in [5.41, 5.74) is 1.45. The van der Waals surface area contributed by atoms with Crippen molar-refractivity contribution in [1.82, 2.24) is 4.98 Å². The maximum absolute atomic E-state index is 13.1. The Balaban J connectivity index is 2.01. The van der Waals surface area contributed by atoms with Gasteiger partial charge in [-0.3, -0.25) is 4.79 Å². The van der Waals surface area contributed by atoms with Crippen LogP contribution in [0.3, 0.4) is 0 Å². The Morgan fingerprint density at radius 1 is 1.15 bits per heavy atom. The highest BCUT2D eigenvalue weighted by atomic mass is 19.1. The standard InChI is InChI=1S/C18H19FN2O5/c1-4-25-17(23)15-10(2)16(20-11(15)3)18(24)26-9-14(22)21-13-7-5-6-12(19)8-13/h5-8,20H,4,9H2,1-3H3,(H,21,22). The number of aromatic amines is 1. The zero-order valence-corrected chi connectivity index (χ0v) is 14.6. The molecule has 1 heterocycles. The van der Waals surface area contributed by atoms with E-state index in [0.717, 1.165) is 6.07 Å². The van der Waals surface area contributed by atoms with Gasteiger partial charge in [-0.1, -0.05) is 6.07 Å². The van der Waals surface area contributed by atoms with E-state index in [1.165, 1.54) is 18.2 Å². The molecule has 7 nitrogen and oxygen atoms in total. The molecule has 0 bridgehead atoms. The Morgan fingerprint density at radius 3 is 2.54 bits per heavy atom. The van der Waals surface area contributed by atoms with Gasteiger partial charge in [0.1, 0.15) is 11.5 Å². The molecule has 0 aliphatic heterocycles. The van der Waals surface area contributed by atoms with E-state index in [4.69, 9.17) is 9.47 Å². The molecule has 1 aromatic heterocycles. The van der Waals surface area contributed by atoms with E-state index in [2.05, 4.69) is 10.3 Å². The predicted octanol–water partition coefficient (Wildman–Crippen LogP) is 2.74. The van der Waals surface area contributed by atoms with Crippen LogP contribution in [0.15, 0.2) is 24.3 Å². The van der Waals surface area contributed by atoms with Crippen LogP contribution in [0.25, 0.3) is 0 Å². The fraction of sp³-hybridized carbons (Fsp3) is 0.278. The first-order valence-electron chi connectivity index (χ1n) is 7.92. The molecule has 0 unspecified atom stereocenters. The molecule has 2 rings (SSSR count). The number of carbonyl (C=O) groups is 3. The average Bonchev–Trinajstić information content (AvgIpc) is 2.87. The zero-order chi connectivity index (χ0) is 19.3. The molecule has 0 saturated carbocycles. The normalized spacial score (nSPS) is 10.3. The van der Waals surface area contributed by atoms with Crippen LogP contribution in [0.5, 0.6) is 0 Å². The van der Waals surface area contributed by atoms with E-state index in [0.29, 0.717) is 11.3 Å². The van der Waals surface area contributed by atoms with Crippen molar-refractivity contribution in [1.29, 1.82) is 0 Å². The highest BCUT2D eigenvalue weighted by Gasteiger charge is 2.24. The van der Waals surface area contributed by atoms with Gasteiger partial charge in [-0.15, -0.1) is 0 Å². The number of rotatable bonds is 6. The lowest BCUT2D eigenvalue weighted by Crippen LogP contribution is -2.21. The van der Waals surface area contributed by atoms with E-state index in [1.54, 1.807) is 20.8 Å². The van der Waals surface area contributed by atoms with Gasteiger partial charge in [0.05, 0.1) is 12.2 Å². The number of esters is 2. The summed E-state index contributed by atoms with van der Waals surface area (Å²) in [4.78, 5) is 38.7. The number of ether oxygens (including phenoxy) is 2. The van der Waals surface area contributed by atoms with Gasteiger partial charge in [-0.25, -0.2) is 14.0 Å². The quantitative estimate of drug-likeness (QED) is 0.770. The molecule has 0 radical (unpaired) electrons. The second-order valence-corrected chi connectivity index (χ2v) is 5.48. The van der Waals surface area contributed by atoms with Crippen molar-refractivity contribution < 1.29 is 28.2 Å². The minimum absolute atomic E-state index is 0.0732. The average molecular weight is 362 g/mol. The van der Waals surface area contributed by atoms with Crippen LogP contribution in [0.4, 0.5) is 10.1 Å². The molecule has 0 aliphatic carbocycles. The maximum Gasteiger partial charge on any atom is 0.355 e. The van der Waals surface area contributed by atoms with Crippen LogP contribution in [0.1, 0.15) is 39.0 Å². The van der Waals surface area contributed by atoms with Crippen LogP contribution in [-0.4, -0.2) is 36.0 Å². The van der Waals surface area contributed by atoms with Gasteiger partial charge < -0.3 is 19.8 Å². The minimum atomic E-state index is -0.782. The van der Waals surface area contributed by atoms with E-state index in [-0.39, 0.29) is 23.6 Å². The second-order valence-electron chi connectivity index (χ2n) is 5.48. The van der Waals surface area contributed by atoms with E-state index >= 15 is 0 Å². The number of benzene rings is 1. The molecule has 8 heteroatoms. The second kappa shape index (κ2) is 8.28. The lowest BCUT2D eigenvalue weighted by Gasteiger charge is -2.07. The van der Waals surface area contributed by atoms with Crippen molar-refractivity contribution in [3.63, 3.8) is 0 Å². The number of amides is 1. The Labute approximate surface area is 149 Å². The first kappa shape index (κ1) is 19.2. The molecular formula is C18H19FN2O5. The third kappa shape index (κ3) is 4.47. The molecular weight excluding hydrogens is 343 g/mol. The smallest absolute Gasteiger partial charge is 0.355 e. The fourth-order valence-electron chi connectivity index (χ4n) is 2.43. The number of carbonyl (C=O) groups excluding carboxylic acids is 3. The monoisotopic (exact) mass is 362 g/mol. The Bertz CT molecular complexity index is 844. The fourth-order valence-corrected chi connectivity index (χ4v) is 2.43. The predicted molar refractivity (Wildman–Crippen MR) is 91.5 cm³/mol. The summed E-state index contributed by atoms with van der Waals surface area (Å²) in [6.07, 6.45) is 0. The number of hydrogen-bond donors (Lipinski definition) is 2. The first-order chi connectivity index (χ1) is 12.3. The molecule has 138 valence electrons. The summed E-state index contributed by atoms with van der Waals surface area (Å²) in [6.45, 7) is 4.55. The van der Waals surface area contributed by atoms with E-state index in [1.807, 2.05) is 0 Å². The number of nitrogens with one attached hydrogen (secondary N) is 2. The molecule has 26 heavy (non-hydrogen) atoms. The highest BCUT2D eigenvalue weighted by molar-refractivity contribution is 5.99. The van der Waals surface area contributed by atoms with E-state index in [9.17, 15) is 18.8 Å². The summed E-state index contributed by atoms with van der Waals surface area (Å²) < 4.78 is 23.0. The van der Waals surface area contributed by atoms with Crippen molar-refractivity contribution in [3.8, 4) is 0 Å². The number of H-pyrrole nitrogens is 1. The third-order valence-corrected chi connectivity index (χ3v) is 3.56. The van der Waals surface area contributed by atoms with Crippen LogP contribution in [0, 0.1) is 19.7 Å². The van der Waals surface area contributed by atoms with Crippen LogP contribution in [-0.2, 0) is 14.3 Å². The van der Waals surface area contributed by atoms with Gasteiger partial charge in [0.2, 0.25) is 0 Å². The molecule has 2 aromatic rings. The highest BCUT2D eigenvalue weighted by Crippen LogP contribution is 2.20. The Kier molecular flexibility index (Phi) is 6.11. The van der Waals surface area contributed by atoms with Gasteiger partial charge in [-0.05, 0) is 44.5 Å². The Hall–Kier alpha value is -3.16. The summed E-state index contributed by atoms with van der Waals surface area (Å²) in [6, 6.07) is 5.34. The number of anilines is 1. The largest absolute Gasteiger partial charge is 0.462 e. The lowest BCUT2D eigenvalue weighted by molar-refractivity contribution is -0.119. The van der Waals surface area contributed by atoms with Crippen molar-refractivity contribution in [2.75, 3.05) is 18.5 Å². The first-order valence-corrected chi connectivity index (χ1v) is 7.92. The summed E-state index contributed by atoms with van der Waals surface area (Å²) in [5.74, 6) is -2.43. The van der Waals surface area contributed by atoms with Crippen LogP contribution >= 0.6 is 0 Å². The number of aryl methyl sites for hydroxylation is 1. The van der Waals surface area contributed by atoms with Gasteiger partial charge in [0.25, 0.3) is 5.91 Å².